The van der Waals surface area contributed by atoms with Crippen LogP contribution in [0.25, 0.3) is 0 Å². The van der Waals surface area contributed by atoms with E-state index in [1.165, 1.54) is 18.4 Å². The fourth-order valence-electron chi connectivity index (χ4n) is 5.53. The van der Waals surface area contributed by atoms with Crippen molar-refractivity contribution in [1.82, 2.24) is 0 Å². The predicted octanol–water partition coefficient (Wildman–Crippen LogP) is 7.52. The minimum absolute atomic E-state index is 0.0576. The van der Waals surface area contributed by atoms with Gasteiger partial charge in [-0.2, -0.15) is 0 Å². The molecule has 178 valence electrons. The lowest BCUT2D eigenvalue weighted by molar-refractivity contribution is -0.108. The van der Waals surface area contributed by atoms with Gasteiger partial charge in [0.15, 0.2) is 6.29 Å². The Morgan fingerprint density at radius 1 is 1.12 bits per heavy atom. The number of ether oxygens (including phenoxy) is 2. The molecule has 3 nitrogen and oxygen atoms in total. The maximum Gasteiger partial charge on any atom is 0.200 e. The fourth-order valence-corrected chi connectivity index (χ4v) is 5.53. The van der Waals surface area contributed by atoms with E-state index in [-0.39, 0.29) is 17.6 Å². The molecule has 1 N–H and O–H groups in total. The molecular formula is C31H37NO2. The highest BCUT2D eigenvalue weighted by Crippen LogP contribution is 2.54. The Labute approximate surface area is 204 Å². The van der Waals surface area contributed by atoms with E-state index >= 15 is 0 Å². The summed E-state index contributed by atoms with van der Waals surface area (Å²) in [6.45, 7) is 10.8. The van der Waals surface area contributed by atoms with Crippen LogP contribution in [-0.4, -0.2) is 19.9 Å². The molecule has 34 heavy (non-hydrogen) atoms. The molecule has 2 aliphatic carbocycles. The Bertz CT molecular complexity index is 1020. The van der Waals surface area contributed by atoms with E-state index in [0.29, 0.717) is 18.4 Å². The minimum atomic E-state index is -0.334. The Morgan fingerprint density at radius 2 is 1.88 bits per heavy atom. The molecule has 2 aromatic rings. The van der Waals surface area contributed by atoms with Crippen molar-refractivity contribution in [3.63, 3.8) is 0 Å². The van der Waals surface area contributed by atoms with Gasteiger partial charge in [0, 0.05) is 25.1 Å². The van der Waals surface area contributed by atoms with Gasteiger partial charge >= 0.3 is 0 Å². The molecule has 5 atom stereocenters. The molecule has 2 aliphatic rings. The molecule has 0 spiro atoms. The first kappa shape index (κ1) is 24.1. The highest BCUT2D eigenvalue weighted by molar-refractivity contribution is 5.45. The number of fused-ring (bicyclic) bond motifs is 2. The topological polar surface area (TPSA) is 30.5 Å². The summed E-state index contributed by atoms with van der Waals surface area (Å²) in [5, 5.41) is 3.16. The molecule has 0 heterocycles. The molecular weight excluding hydrogens is 418 g/mol. The van der Waals surface area contributed by atoms with Crippen molar-refractivity contribution in [2.24, 2.45) is 17.3 Å². The quantitative estimate of drug-likeness (QED) is 0.204. The molecule has 0 amide bonds. The van der Waals surface area contributed by atoms with Crippen LogP contribution in [0.2, 0.25) is 0 Å². The molecule has 2 bridgehead atoms. The zero-order valence-electron chi connectivity index (χ0n) is 20.5. The zero-order valence-corrected chi connectivity index (χ0v) is 20.5. The van der Waals surface area contributed by atoms with E-state index in [4.69, 9.17) is 9.47 Å². The van der Waals surface area contributed by atoms with Gasteiger partial charge in [0.2, 0.25) is 0 Å². The second-order valence-corrected chi connectivity index (χ2v) is 9.77. The Morgan fingerprint density at radius 3 is 2.47 bits per heavy atom. The van der Waals surface area contributed by atoms with Crippen molar-refractivity contribution in [3.05, 3.63) is 109 Å². The SMILES string of the molecule is C=C/C=C(\C=C)C(COC(CC1(C)CC2C=CC1C2)Oc1ccc(NC)cc1)c1ccccc1. The van der Waals surface area contributed by atoms with Crippen molar-refractivity contribution in [2.45, 2.75) is 38.4 Å². The van der Waals surface area contributed by atoms with E-state index < -0.39 is 0 Å². The predicted molar refractivity (Wildman–Crippen MR) is 142 cm³/mol. The van der Waals surface area contributed by atoms with Crippen LogP contribution in [-0.2, 0) is 4.74 Å². The first-order chi connectivity index (χ1) is 16.5. The summed E-state index contributed by atoms with van der Waals surface area (Å²) in [6.07, 6.45) is 13.5. The summed E-state index contributed by atoms with van der Waals surface area (Å²) in [5.74, 6) is 2.19. The molecule has 4 rings (SSSR count). The normalized spacial score (nSPS) is 25.1. The van der Waals surface area contributed by atoms with Crippen molar-refractivity contribution < 1.29 is 9.47 Å². The third kappa shape index (κ3) is 5.53. The molecule has 0 aromatic heterocycles. The van der Waals surface area contributed by atoms with Gasteiger partial charge in [-0.05, 0) is 65.5 Å². The van der Waals surface area contributed by atoms with Gasteiger partial charge < -0.3 is 14.8 Å². The molecule has 5 unspecified atom stereocenters. The van der Waals surface area contributed by atoms with Crippen LogP contribution in [0.3, 0.4) is 0 Å². The van der Waals surface area contributed by atoms with E-state index in [1.807, 2.05) is 55.6 Å². The summed E-state index contributed by atoms with van der Waals surface area (Å²) >= 11 is 0. The van der Waals surface area contributed by atoms with E-state index in [2.05, 4.69) is 61.8 Å². The molecule has 1 saturated carbocycles. The smallest absolute Gasteiger partial charge is 0.200 e. The lowest BCUT2D eigenvalue weighted by atomic mass is 9.75. The van der Waals surface area contributed by atoms with E-state index in [9.17, 15) is 0 Å². The van der Waals surface area contributed by atoms with Crippen LogP contribution in [0, 0.1) is 17.3 Å². The van der Waals surface area contributed by atoms with Gasteiger partial charge in [0.05, 0.1) is 6.61 Å². The number of nitrogens with one attached hydrogen (secondary N) is 1. The Kier molecular flexibility index (Phi) is 7.74. The van der Waals surface area contributed by atoms with Crippen molar-refractivity contribution >= 4 is 5.69 Å². The molecule has 0 radical (unpaired) electrons. The van der Waals surface area contributed by atoms with Gasteiger partial charge in [-0.3, -0.25) is 0 Å². The van der Waals surface area contributed by atoms with E-state index in [1.54, 1.807) is 0 Å². The van der Waals surface area contributed by atoms with Crippen LogP contribution < -0.4 is 10.1 Å². The summed E-state index contributed by atoms with van der Waals surface area (Å²) in [6, 6.07) is 18.5. The van der Waals surface area contributed by atoms with E-state index in [0.717, 1.165) is 23.4 Å². The lowest BCUT2D eigenvalue weighted by Crippen LogP contribution is -2.33. The lowest BCUT2D eigenvalue weighted by Gasteiger charge is -2.35. The molecule has 1 fully saturated rings. The maximum absolute atomic E-state index is 6.60. The summed E-state index contributed by atoms with van der Waals surface area (Å²) in [7, 11) is 1.92. The average Bonchev–Trinajstić information content (AvgIpc) is 3.45. The van der Waals surface area contributed by atoms with Crippen molar-refractivity contribution in [1.29, 1.82) is 0 Å². The molecule has 2 aromatic carbocycles. The van der Waals surface area contributed by atoms with Crippen molar-refractivity contribution in [2.75, 3.05) is 19.0 Å². The number of allylic oxidation sites excluding steroid dienone is 5. The fraction of sp³-hybridized carbons (Fsp3) is 0.355. The van der Waals surface area contributed by atoms with Crippen LogP contribution >= 0.6 is 0 Å². The third-order valence-corrected chi connectivity index (χ3v) is 7.44. The number of rotatable bonds is 12. The summed E-state index contributed by atoms with van der Waals surface area (Å²) < 4.78 is 13.1. The second kappa shape index (κ2) is 10.9. The van der Waals surface area contributed by atoms with Gasteiger partial charge in [-0.1, -0.05) is 80.8 Å². The van der Waals surface area contributed by atoms with Crippen molar-refractivity contribution in [3.8, 4) is 5.75 Å². The van der Waals surface area contributed by atoms with Gasteiger partial charge in [0.25, 0.3) is 0 Å². The van der Waals surface area contributed by atoms with Crippen LogP contribution in [0.1, 0.15) is 37.7 Å². The van der Waals surface area contributed by atoms with Crippen LogP contribution in [0.4, 0.5) is 5.69 Å². The first-order valence-electron chi connectivity index (χ1n) is 12.3. The monoisotopic (exact) mass is 455 g/mol. The molecule has 0 saturated heterocycles. The van der Waals surface area contributed by atoms with Gasteiger partial charge in [-0.15, -0.1) is 0 Å². The van der Waals surface area contributed by atoms with Gasteiger partial charge in [-0.25, -0.2) is 0 Å². The number of benzene rings is 2. The first-order valence-corrected chi connectivity index (χ1v) is 12.3. The third-order valence-electron chi connectivity index (χ3n) is 7.44. The zero-order chi connectivity index (χ0) is 24.0. The number of hydrogen-bond donors (Lipinski definition) is 1. The second-order valence-electron chi connectivity index (χ2n) is 9.77. The van der Waals surface area contributed by atoms with Crippen LogP contribution in [0.5, 0.6) is 5.75 Å². The highest BCUT2D eigenvalue weighted by atomic mass is 16.7. The van der Waals surface area contributed by atoms with Crippen LogP contribution in [0.15, 0.2) is 104 Å². The average molecular weight is 456 g/mol. The Hall–Kier alpha value is -3.04. The highest BCUT2D eigenvalue weighted by Gasteiger charge is 2.46. The summed E-state index contributed by atoms with van der Waals surface area (Å²) in [4.78, 5) is 0. The number of hydrogen-bond acceptors (Lipinski definition) is 3. The van der Waals surface area contributed by atoms with Gasteiger partial charge in [0.1, 0.15) is 5.75 Å². The molecule has 0 aliphatic heterocycles. The standard InChI is InChI=1S/C31H37NO2/c1-5-10-24(6-2)29(25-11-8-7-9-12-25)22-33-30(34-28-17-15-27(32-4)16-18-28)21-31(3)20-23-13-14-26(31)19-23/h5-18,23,26,29-30,32H,1-2,19-22H2,3-4H3/b24-10+. The Balaban J connectivity index is 1.55. The maximum atomic E-state index is 6.60. The minimum Gasteiger partial charge on any atom is -0.465 e. The number of anilines is 1. The largest absolute Gasteiger partial charge is 0.465 e. The molecule has 3 heteroatoms. The summed E-state index contributed by atoms with van der Waals surface area (Å²) in [5.41, 5.74) is 3.54.